The molecule has 2 aromatic rings. The Hall–Kier alpha value is -1.19. The van der Waals surface area contributed by atoms with E-state index >= 15 is 0 Å². The minimum absolute atomic E-state index is 0.0202. The van der Waals surface area contributed by atoms with Crippen LogP contribution in [0.1, 0.15) is 36.0 Å². The van der Waals surface area contributed by atoms with Crippen LogP contribution in [0.4, 0.5) is 0 Å². The van der Waals surface area contributed by atoms with Crippen LogP contribution in [0.5, 0.6) is 0 Å². The number of hydrogen-bond acceptors (Lipinski definition) is 3. The third kappa shape index (κ3) is 4.29. The Morgan fingerprint density at radius 2 is 2.12 bits per heavy atom. The Labute approximate surface area is 108 Å². The number of benzene rings is 1. The fraction of sp³-hybridized carbons (Fsp3) is 0.357. The topological polar surface area (TPSA) is 38.9 Å². The molecule has 1 unspecified atom stereocenters. The van der Waals surface area contributed by atoms with Crippen LogP contribution < -0.4 is 5.73 Å². The highest BCUT2D eigenvalue weighted by Gasteiger charge is 2.09. The van der Waals surface area contributed by atoms with Crippen LogP contribution >= 0.6 is 11.3 Å². The van der Waals surface area contributed by atoms with Crippen molar-refractivity contribution in [3.63, 3.8) is 0 Å². The van der Waals surface area contributed by atoms with Crippen molar-refractivity contribution in [2.24, 2.45) is 5.73 Å². The van der Waals surface area contributed by atoms with Gasteiger partial charge in [0.25, 0.3) is 0 Å². The van der Waals surface area contributed by atoms with Gasteiger partial charge in [0.05, 0.1) is 6.04 Å². The normalized spacial score (nSPS) is 11.5. The molecule has 0 amide bonds. The van der Waals surface area contributed by atoms with Crippen molar-refractivity contribution < 1.29 is 0 Å². The molecule has 0 aliphatic carbocycles. The van der Waals surface area contributed by atoms with Crippen molar-refractivity contribution in [2.45, 2.75) is 33.2 Å². The van der Waals surface area contributed by atoms with Crippen LogP contribution in [0.3, 0.4) is 0 Å². The summed E-state index contributed by atoms with van der Waals surface area (Å²) in [7, 11) is 0. The Morgan fingerprint density at radius 1 is 1.35 bits per heavy atom. The van der Waals surface area contributed by atoms with Gasteiger partial charge in [-0.1, -0.05) is 43.7 Å². The Bertz CT molecular complexity index is 424. The molecule has 2 rings (SSSR count). The summed E-state index contributed by atoms with van der Waals surface area (Å²) < 4.78 is 0. The highest BCUT2D eigenvalue weighted by Crippen LogP contribution is 2.18. The summed E-state index contributed by atoms with van der Waals surface area (Å²) in [6.45, 7) is 6.10. The van der Waals surface area contributed by atoms with Crippen LogP contribution in [0.2, 0.25) is 0 Å². The molecule has 0 saturated heterocycles. The number of aryl methyl sites for hydroxylation is 1. The first-order valence-corrected chi connectivity index (χ1v) is 6.84. The number of aromatic nitrogens is 1. The summed E-state index contributed by atoms with van der Waals surface area (Å²) in [5.74, 6) is 0. The average Bonchev–Trinajstić information content (AvgIpc) is 2.85. The van der Waals surface area contributed by atoms with Crippen molar-refractivity contribution in [3.05, 3.63) is 52.0 Å². The molecule has 1 aromatic carbocycles. The summed E-state index contributed by atoms with van der Waals surface area (Å²) >= 11 is 1.62. The van der Waals surface area contributed by atoms with Crippen molar-refractivity contribution in [3.8, 4) is 0 Å². The second kappa shape index (κ2) is 7.20. The Morgan fingerprint density at radius 3 is 2.71 bits per heavy atom. The summed E-state index contributed by atoms with van der Waals surface area (Å²) in [6.07, 6.45) is 2.66. The Kier molecular flexibility index (Phi) is 5.87. The van der Waals surface area contributed by atoms with Crippen LogP contribution in [-0.4, -0.2) is 4.98 Å². The molecule has 1 aromatic heterocycles. The minimum Gasteiger partial charge on any atom is -0.322 e. The maximum Gasteiger partial charge on any atom is 0.110 e. The molecule has 1 heterocycles. The van der Waals surface area contributed by atoms with E-state index in [-0.39, 0.29) is 6.04 Å². The summed E-state index contributed by atoms with van der Waals surface area (Å²) in [5.41, 5.74) is 8.62. The molecule has 0 aliphatic rings. The van der Waals surface area contributed by atoms with Gasteiger partial charge in [0.2, 0.25) is 0 Å². The lowest BCUT2D eigenvalue weighted by molar-refractivity contribution is 0.715. The zero-order valence-corrected chi connectivity index (χ0v) is 11.5. The molecule has 0 fully saturated rings. The lowest BCUT2D eigenvalue weighted by Gasteiger charge is -2.08. The quantitative estimate of drug-likeness (QED) is 0.899. The third-order valence-electron chi connectivity index (χ3n) is 2.31. The molecular weight excluding hydrogens is 228 g/mol. The van der Waals surface area contributed by atoms with Crippen molar-refractivity contribution in [1.82, 2.24) is 4.98 Å². The fourth-order valence-corrected chi connectivity index (χ4v) is 2.24. The second-order valence-electron chi connectivity index (χ2n) is 3.67. The van der Waals surface area contributed by atoms with E-state index in [0.717, 1.165) is 11.4 Å². The van der Waals surface area contributed by atoms with Gasteiger partial charge in [0.15, 0.2) is 0 Å². The fourth-order valence-electron chi connectivity index (χ4n) is 1.60. The molecule has 3 heteroatoms. The second-order valence-corrected chi connectivity index (χ2v) is 4.60. The maximum atomic E-state index is 6.07. The van der Waals surface area contributed by atoms with Crippen LogP contribution in [0.15, 0.2) is 35.8 Å². The maximum absolute atomic E-state index is 6.07. The van der Waals surface area contributed by atoms with Gasteiger partial charge in [-0.3, -0.25) is 0 Å². The molecule has 1 atom stereocenters. The summed E-state index contributed by atoms with van der Waals surface area (Å²) in [6, 6.07) is 8.47. The zero-order valence-electron chi connectivity index (χ0n) is 10.7. The lowest BCUT2D eigenvalue weighted by Crippen LogP contribution is -2.12. The number of nitrogens with two attached hydrogens (primary N) is 1. The van der Waals surface area contributed by atoms with Gasteiger partial charge >= 0.3 is 0 Å². The molecule has 2 N–H and O–H groups in total. The zero-order chi connectivity index (χ0) is 12.7. The van der Waals surface area contributed by atoms with Gasteiger partial charge in [0, 0.05) is 11.6 Å². The van der Waals surface area contributed by atoms with E-state index in [2.05, 4.69) is 36.2 Å². The lowest BCUT2D eigenvalue weighted by atomic mass is 10.0. The van der Waals surface area contributed by atoms with E-state index in [0.29, 0.717) is 0 Å². The monoisotopic (exact) mass is 248 g/mol. The smallest absolute Gasteiger partial charge is 0.110 e. The van der Waals surface area contributed by atoms with E-state index in [4.69, 9.17) is 5.73 Å². The van der Waals surface area contributed by atoms with Gasteiger partial charge in [-0.25, -0.2) is 4.98 Å². The largest absolute Gasteiger partial charge is 0.322 e. The summed E-state index contributed by atoms with van der Waals surface area (Å²) in [4.78, 5) is 4.23. The number of rotatable bonds is 3. The van der Waals surface area contributed by atoms with E-state index in [1.165, 1.54) is 11.1 Å². The highest BCUT2D eigenvalue weighted by atomic mass is 32.1. The highest BCUT2D eigenvalue weighted by molar-refractivity contribution is 7.09. The molecule has 17 heavy (non-hydrogen) atoms. The number of nitrogens with zero attached hydrogens (tertiary/aromatic N) is 1. The van der Waals surface area contributed by atoms with Crippen LogP contribution in [0.25, 0.3) is 0 Å². The molecular formula is C14H20N2S. The van der Waals surface area contributed by atoms with Gasteiger partial charge in [-0.2, -0.15) is 0 Å². The first-order chi connectivity index (χ1) is 8.25. The van der Waals surface area contributed by atoms with Crippen molar-refractivity contribution in [2.75, 3.05) is 0 Å². The first kappa shape index (κ1) is 13.9. The van der Waals surface area contributed by atoms with Gasteiger partial charge in [-0.15, -0.1) is 11.3 Å². The van der Waals surface area contributed by atoms with Crippen LogP contribution in [-0.2, 0) is 6.42 Å². The minimum atomic E-state index is 0.0202. The molecule has 0 radical (unpaired) electrons. The standard InChI is InChI=1S/C12H14N2S.C2H6/c1-9-3-2-4-10(7-9)8-11(13)12-14-5-6-15-12;1-2/h2-7,11H,8,13H2,1H3;1-2H3. The predicted octanol–water partition coefficient (Wildman–Crippen LogP) is 3.72. The SMILES string of the molecule is CC.Cc1cccc(CC(N)c2nccs2)c1. The predicted molar refractivity (Wildman–Crippen MR) is 75.3 cm³/mol. The average molecular weight is 248 g/mol. The third-order valence-corrected chi connectivity index (χ3v) is 3.21. The molecule has 2 nitrogen and oxygen atoms in total. The van der Waals surface area contributed by atoms with Crippen LogP contribution in [0, 0.1) is 6.92 Å². The first-order valence-electron chi connectivity index (χ1n) is 5.96. The van der Waals surface area contributed by atoms with E-state index < -0.39 is 0 Å². The molecule has 0 bridgehead atoms. The number of thiazole rings is 1. The molecule has 0 aliphatic heterocycles. The molecule has 92 valence electrons. The van der Waals surface area contributed by atoms with E-state index in [9.17, 15) is 0 Å². The Balaban J connectivity index is 0.000000686. The summed E-state index contributed by atoms with van der Waals surface area (Å²) in [5, 5.41) is 2.97. The molecule has 0 spiro atoms. The van der Waals surface area contributed by atoms with Gasteiger partial charge < -0.3 is 5.73 Å². The number of hydrogen-bond donors (Lipinski definition) is 1. The van der Waals surface area contributed by atoms with E-state index in [1.807, 2.05) is 19.2 Å². The van der Waals surface area contributed by atoms with Gasteiger partial charge in [0.1, 0.15) is 5.01 Å². The van der Waals surface area contributed by atoms with Gasteiger partial charge in [-0.05, 0) is 18.9 Å². The van der Waals surface area contributed by atoms with Crippen molar-refractivity contribution in [1.29, 1.82) is 0 Å². The molecule has 0 saturated carbocycles. The van der Waals surface area contributed by atoms with Crippen molar-refractivity contribution >= 4 is 11.3 Å². The van der Waals surface area contributed by atoms with E-state index in [1.54, 1.807) is 17.5 Å².